The van der Waals surface area contributed by atoms with Crippen LogP contribution in [0.5, 0.6) is 11.6 Å². The number of carbonyl (C=O) groups excluding carboxylic acids is 1. The first-order valence-corrected chi connectivity index (χ1v) is 13.6. The number of fused-ring (bicyclic) bond motifs is 1. The summed E-state index contributed by atoms with van der Waals surface area (Å²) in [7, 11) is 0. The van der Waals surface area contributed by atoms with E-state index in [0.717, 1.165) is 19.4 Å². The minimum atomic E-state index is -0.377. The minimum Gasteiger partial charge on any atom is -0.507 e. The van der Waals surface area contributed by atoms with Crippen LogP contribution in [0.2, 0.25) is 0 Å². The van der Waals surface area contributed by atoms with Gasteiger partial charge in [0.05, 0.1) is 17.9 Å². The highest BCUT2D eigenvalue weighted by Gasteiger charge is 2.35. The van der Waals surface area contributed by atoms with Gasteiger partial charge in [-0.3, -0.25) is 9.20 Å². The molecule has 40 heavy (non-hydrogen) atoms. The molecule has 2 atom stereocenters. The van der Waals surface area contributed by atoms with Gasteiger partial charge in [0.1, 0.15) is 17.5 Å². The Hall–Kier alpha value is -4.52. The zero-order chi connectivity index (χ0) is 28.2. The largest absolute Gasteiger partial charge is 0.507 e. The van der Waals surface area contributed by atoms with Crippen molar-refractivity contribution in [2.45, 2.75) is 58.4 Å². The summed E-state index contributed by atoms with van der Waals surface area (Å²) in [6.45, 7) is 7.33. The van der Waals surface area contributed by atoms with Crippen LogP contribution >= 0.6 is 0 Å². The Balaban J connectivity index is 1.16. The Morgan fingerprint density at radius 1 is 1.27 bits per heavy atom. The number of nitrogens with zero attached hydrogens (tertiary/aromatic N) is 5. The summed E-state index contributed by atoms with van der Waals surface area (Å²) in [6.07, 6.45) is 6.88. The van der Waals surface area contributed by atoms with Crippen LogP contribution in [-0.4, -0.2) is 54.6 Å². The molecule has 1 amide bonds. The van der Waals surface area contributed by atoms with Crippen molar-refractivity contribution in [3.63, 3.8) is 0 Å². The van der Waals surface area contributed by atoms with Crippen molar-refractivity contribution in [1.82, 2.24) is 24.4 Å². The smallest absolute Gasteiger partial charge is 0.254 e. The van der Waals surface area contributed by atoms with Gasteiger partial charge in [-0.05, 0) is 49.4 Å². The number of unbranched alkanes of at least 4 members (excludes halogenated alkanes) is 1. The van der Waals surface area contributed by atoms with E-state index in [1.54, 1.807) is 41.1 Å². The van der Waals surface area contributed by atoms with Gasteiger partial charge < -0.3 is 25.0 Å². The highest BCUT2D eigenvalue weighted by Crippen LogP contribution is 2.32. The Labute approximate surface area is 233 Å². The summed E-state index contributed by atoms with van der Waals surface area (Å²) < 4.78 is 13.0. The van der Waals surface area contributed by atoms with Crippen LogP contribution in [0, 0.1) is 17.8 Å². The van der Waals surface area contributed by atoms with Crippen LogP contribution in [0.4, 0.5) is 5.82 Å². The van der Waals surface area contributed by atoms with E-state index in [4.69, 9.17) is 15.0 Å². The van der Waals surface area contributed by atoms with Gasteiger partial charge in [0.2, 0.25) is 11.7 Å². The predicted molar refractivity (Wildman–Crippen MR) is 151 cm³/mol. The number of aromatic nitrogens is 4. The molecule has 208 valence electrons. The molecule has 0 saturated carbocycles. The molecule has 0 radical (unpaired) electrons. The Morgan fingerprint density at radius 2 is 2.10 bits per heavy atom. The van der Waals surface area contributed by atoms with Crippen molar-refractivity contribution in [1.29, 1.82) is 0 Å². The molecule has 3 N–H and O–H groups in total. The number of nitrogens with two attached hydrogens (primary N) is 1. The number of anilines is 1. The molecule has 1 fully saturated rings. The molecule has 1 saturated heterocycles. The fraction of sp³-hybridized carbons (Fsp3) is 0.400. The third kappa shape index (κ3) is 5.73. The van der Waals surface area contributed by atoms with Crippen LogP contribution in [0.25, 0.3) is 17.0 Å². The van der Waals surface area contributed by atoms with Crippen LogP contribution in [0.1, 0.15) is 63.7 Å². The molecule has 4 aromatic rings. The van der Waals surface area contributed by atoms with E-state index in [9.17, 15) is 9.90 Å². The average Bonchev–Trinajstić information content (AvgIpc) is 3.66. The van der Waals surface area contributed by atoms with E-state index in [2.05, 4.69) is 33.9 Å². The number of carbonyl (C=O) groups is 1. The number of amides is 1. The summed E-state index contributed by atoms with van der Waals surface area (Å²) in [5.74, 6) is 7.75. The van der Waals surface area contributed by atoms with E-state index in [0.29, 0.717) is 59.5 Å². The average molecular weight is 543 g/mol. The third-order valence-electron chi connectivity index (χ3n) is 7.16. The molecule has 3 aromatic heterocycles. The molecule has 0 spiro atoms. The van der Waals surface area contributed by atoms with Gasteiger partial charge >= 0.3 is 0 Å². The fourth-order valence-corrected chi connectivity index (χ4v) is 5.01. The van der Waals surface area contributed by atoms with Gasteiger partial charge in [-0.1, -0.05) is 37.8 Å². The number of phenols is 1. The molecule has 4 heterocycles. The van der Waals surface area contributed by atoms with E-state index in [-0.39, 0.29) is 29.5 Å². The van der Waals surface area contributed by atoms with Crippen LogP contribution in [0.3, 0.4) is 0 Å². The first kappa shape index (κ1) is 27.1. The number of benzene rings is 1. The van der Waals surface area contributed by atoms with Crippen molar-refractivity contribution in [3.05, 3.63) is 54.0 Å². The van der Waals surface area contributed by atoms with Crippen LogP contribution in [0.15, 0.2) is 47.2 Å². The summed E-state index contributed by atoms with van der Waals surface area (Å²) in [6, 6.07) is 8.98. The van der Waals surface area contributed by atoms with Gasteiger partial charge in [0, 0.05) is 43.0 Å². The molecular weight excluding hydrogens is 508 g/mol. The number of nitrogen functional groups attached to an aromatic ring is 1. The topological polar surface area (TPSA) is 132 Å². The summed E-state index contributed by atoms with van der Waals surface area (Å²) >= 11 is 0. The van der Waals surface area contributed by atoms with E-state index in [1.165, 1.54) is 0 Å². The number of ether oxygens (including phenoxy) is 1. The van der Waals surface area contributed by atoms with Crippen molar-refractivity contribution in [3.8, 4) is 34.7 Å². The standard InChI is InChI=1S/C30H34N6O4/c1-19(2)27(29(38)36-14-9-10-20(36)3)25-16-26(34-40-25)39-15-8-4-5-11-21-17-35-18-23(32-30(35)33-28(21)31)22-12-6-7-13-24(22)37/h6-7,12-13,16-20,27,37H,4,8-10,14-15H2,1-3H3,(H2,31,32,33). The molecule has 1 aliphatic rings. The first-order chi connectivity index (χ1) is 19.3. The Kier molecular flexibility index (Phi) is 7.91. The van der Waals surface area contributed by atoms with E-state index < -0.39 is 0 Å². The zero-order valence-electron chi connectivity index (χ0n) is 23.0. The molecule has 10 nitrogen and oxygen atoms in total. The minimum absolute atomic E-state index is 0.0805. The van der Waals surface area contributed by atoms with Crippen molar-refractivity contribution < 1.29 is 19.2 Å². The van der Waals surface area contributed by atoms with Crippen LogP contribution in [-0.2, 0) is 4.79 Å². The molecule has 0 aliphatic carbocycles. The van der Waals surface area contributed by atoms with Crippen molar-refractivity contribution in [2.24, 2.45) is 5.92 Å². The van der Waals surface area contributed by atoms with Gasteiger partial charge in [-0.15, -0.1) is 0 Å². The lowest BCUT2D eigenvalue weighted by Crippen LogP contribution is -2.38. The Morgan fingerprint density at radius 3 is 2.85 bits per heavy atom. The number of phenolic OH excluding ortho intramolecular Hbond substituents is 1. The normalized spacial score (nSPS) is 15.8. The summed E-state index contributed by atoms with van der Waals surface area (Å²) in [4.78, 5) is 24.0. The number of likely N-dealkylation sites (tertiary alicyclic amines) is 1. The van der Waals surface area contributed by atoms with E-state index in [1.807, 2.05) is 24.8 Å². The molecule has 0 bridgehead atoms. The van der Waals surface area contributed by atoms with Gasteiger partial charge in [-0.25, -0.2) is 4.98 Å². The molecule has 5 rings (SSSR count). The number of imidazole rings is 1. The van der Waals surface area contributed by atoms with Gasteiger partial charge in [0.15, 0.2) is 5.76 Å². The lowest BCUT2D eigenvalue weighted by Gasteiger charge is -2.27. The SMILES string of the molecule is CC(C)C(C(=O)N1CCCC1C)c1cc(OCCCC#Cc2cn3cc(-c4ccccc4O)nc3nc2N)no1. The maximum absolute atomic E-state index is 13.2. The maximum Gasteiger partial charge on any atom is 0.254 e. The summed E-state index contributed by atoms with van der Waals surface area (Å²) in [5.41, 5.74) is 7.91. The number of hydrogen-bond donors (Lipinski definition) is 2. The molecule has 1 aliphatic heterocycles. The zero-order valence-corrected chi connectivity index (χ0v) is 23.0. The highest BCUT2D eigenvalue weighted by atomic mass is 16.5. The molecule has 1 aromatic carbocycles. The second-order valence-corrected chi connectivity index (χ2v) is 10.5. The first-order valence-electron chi connectivity index (χ1n) is 13.6. The lowest BCUT2D eigenvalue weighted by atomic mass is 9.91. The monoisotopic (exact) mass is 542 g/mol. The number of aromatic hydroxyl groups is 1. The van der Waals surface area contributed by atoms with Crippen molar-refractivity contribution in [2.75, 3.05) is 18.9 Å². The number of rotatable bonds is 8. The third-order valence-corrected chi connectivity index (χ3v) is 7.16. The second kappa shape index (κ2) is 11.7. The van der Waals surface area contributed by atoms with E-state index >= 15 is 0 Å². The molecular formula is C30H34N6O4. The van der Waals surface area contributed by atoms with Gasteiger partial charge in [0.25, 0.3) is 5.88 Å². The lowest BCUT2D eigenvalue weighted by molar-refractivity contribution is -0.134. The maximum atomic E-state index is 13.2. The quantitative estimate of drug-likeness (QED) is 0.243. The predicted octanol–water partition coefficient (Wildman–Crippen LogP) is 4.63. The van der Waals surface area contributed by atoms with Crippen molar-refractivity contribution >= 4 is 17.5 Å². The summed E-state index contributed by atoms with van der Waals surface area (Å²) in [5, 5.41) is 14.2. The second-order valence-electron chi connectivity index (χ2n) is 10.5. The number of hydrogen-bond acceptors (Lipinski definition) is 8. The molecule has 10 heteroatoms. The van der Waals surface area contributed by atoms with Gasteiger partial charge in [-0.2, -0.15) is 4.98 Å². The fourth-order valence-electron chi connectivity index (χ4n) is 5.01. The highest BCUT2D eigenvalue weighted by molar-refractivity contribution is 5.84. The Bertz CT molecular complexity index is 1560. The number of para-hydroxylation sites is 1. The molecule has 2 unspecified atom stereocenters. The van der Waals surface area contributed by atoms with Crippen LogP contribution < -0.4 is 10.5 Å².